The molecule has 0 aromatic heterocycles. The molecule has 0 atom stereocenters. The number of benzene rings is 1. The van der Waals surface area contributed by atoms with Crippen LogP contribution in [0.2, 0.25) is 0 Å². The first-order valence-electron chi connectivity index (χ1n) is 12.0. The van der Waals surface area contributed by atoms with Crippen LogP contribution in [0.5, 0.6) is 0 Å². The zero-order valence-corrected chi connectivity index (χ0v) is 19.9. The summed E-state index contributed by atoms with van der Waals surface area (Å²) in [5, 5.41) is 7.05. The van der Waals surface area contributed by atoms with Crippen LogP contribution in [0.15, 0.2) is 29.3 Å². The van der Waals surface area contributed by atoms with Crippen LogP contribution >= 0.6 is 0 Å². The third kappa shape index (κ3) is 6.22. The predicted molar refractivity (Wildman–Crippen MR) is 128 cm³/mol. The number of piperidine rings is 1. The first-order valence-corrected chi connectivity index (χ1v) is 12.0. The Morgan fingerprint density at radius 1 is 1.19 bits per heavy atom. The molecule has 1 amide bonds. The van der Waals surface area contributed by atoms with E-state index in [0.29, 0.717) is 12.6 Å². The maximum atomic E-state index is 12.8. The summed E-state index contributed by atoms with van der Waals surface area (Å²) in [6, 6.07) is 9.10. The van der Waals surface area contributed by atoms with Crippen molar-refractivity contribution in [3.63, 3.8) is 0 Å². The maximum absolute atomic E-state index is 12.8. The standard InChI is InChI=1S/C25H41N5O/c1-5-26-24(27-19-25(14-8-9-15-25)23(31)29(3)4)28-22-12-16-30(17-13-22)18-21-11-7-6-10-20(21)2/h6-7,10-11,22H,5,8-9,12-19H2,1-4H3,(H2,26,27,28). The van der Waals surface area contributed by atoms with Gasteiger partial charge in [0, 0.05) is 46.3 Å². The van der Waals surface area contributed by atoms with Crippen molar-refractivity contribution in [3.05, 3.63) is 35.4 Å². The molecular weight excluding hydrogens is 386 g/mol. The van der Waals surface area contributed by atoms with Gasteiger partial charge in [-0.15, -0.1) is 0 Å². The third-order valence-electron chi connectivity index (χ3n) is 6.89. The molecule has 1 aromatic rings. The van der Waals surface area contributed by atoms with Crippen molar-refractivity contribution < 1.29 is 4.79 Å². The molecule has 2 N–H and O–H groups in total. The van der Waals surface area contributed by atoms with E-state index in [1.807, 2.05) is 14.1 Å². The normalized spacial score (nSPS) is 19.9. The summed E-state index contributed by atoms with van der Waals surface area (Å²) < 4.78 is 0. The van der Waals surface area contributed by atoms with Gasteiger partial charge in [-0.2, -0.15) is 0 Å². The Morgan fingerprint density at radius 3 is 2.48 bits per heavy atom. The van der Waals surface area contributed by atoms with Crippen LogP contribution in [0.3, 0.4) is 0 Å². The number of guanidine groups is 1. The summed E-state index contributed by atoms with van der Waals surface area (Å²) in [5.41, 5.74) is 2.48. The number of amides is 1. The maximum Gasteiger partial charge on any atom is 0.230 e. The average molecular weight is 428 g/mol. The predicted octanol–water partition coefficient (Wildman–Crippen LogP) is 3.16. The Labute approximate surface area is 188 Å². The first-order chi connectivity index (χ1) is 14.9. The van der Waals surface area contributed by atoms with Gasteiger partial charge in [0.1, 0.15) is 0 Å². The fourth-order valence-electron chi connectivity index (χ4n) is 4.97. The van der Waals surface area contributed by atoms with Crippen LogP contribution in [0.4, 0.5) is 0 Å². The number of nitrogens with one attached hydrogen (secondary N) is 2. The molecular formula is C25H41N5O. The first kappa shape index (κ1) is 23.6. The molecule has 1 heterocycles. The zero-order valence-electron chi connectivity index (χ0n) is 19.9. The topological polar surface area (TPSA) is 60.0 Å². The number of hydrogen-bond donors (Lipinski definition) is 2. The van der Waals surface area contributed by atoms with Crippen LogP contribution in [-0.2, 0) is 11.3 Å². The highest BCUT2D eigenvalue weighted by Crippen LogP contribution is 2.39. The van der Waals surface area contributed by atoms with Gasteiger partial charge in [0.15, 0.2) is 5.96 Å². The fourth-order valence-corrected chi connectivity index (χ4v) is 4.97. The lowest BCUT2D eigenvalue weighted by atomic mass is 9.85. The van der Waals surface area contributed by atoms with Crippen molar-refractivity contribution >= 4 is 11.9 Å². The van der Waals surface area contributed by atoms with Crippen molar-refractivity contribution in [2.24, 2.45) is 10.4 Å². The molecule has 31 heavy (non-hydrogen) atoms. The molecule has 1 aliphatic carbocycles. The molecule has 6 nitrogen and oxygen atoms in total. The Balaban J connectivity index is 1.55. The summed E-state index contributed by atoms with van der Waals surface area (Å²) in [5.74, 6) is 1.09. The molecule has 1 saturated heterocycles. The molecule has 1 aromatic carbocycles. The quantitative estimate of drug-likeness (QED) is 0.518. The molecule has 0 spiro atoms. The second-order valence-corrected chi connectivity index (χ2v) is 9.50. The Kier molecular flexibility index (Phi) is 8.35. The van der Waals surface area contributed by atoms with Crippen LogP contribution in [-0.4, -0.2) is 68.0 Å². The Bertz CT molecular complexity index is 746. The van der Waals surface area contributed by atoms with Gasteiger partial charge in [-0.1, -0.05) is 37.1 Å². The van der Waals surface area contributed by atoms with Crippen LogP contribution in [0, 0.1) is 12.3 Å². The highest BCUT2D eigenvalue weighted by molar-refractivity contribution is 5.84. The largest absolute Gasteiger partial charge is 0.357 e. The van der Waals surface area contributed by atoms with E-state index >= 15 is 0 Å². The number of carbonyl (C=O) groups excluding carboxylic acids is 1. The molecule has 1 aliphatic heterocycles. The van der Waals surface area contributed by atoms with Crippen molar-refractivity contribution in [2.45, 2.75) is 65.0 Å². The molecule has 3 rings (SSSR count). The molecule has 0 bridgehead atoms. The van der Waals surface area contributed by atoms with E-state index in [-0.39, 0.29) is 11.3 Å². The number of aryl methyl sites for hydroxylation is 1. The molecule has 2 fully saturated rings. The second-order valence-electron chi connectivity index (χ2n) is 9.50. The van der Waals surface area contributed by atoms with Gasteiger partial charge in [-0.05, 0) is 50.7 Å². The highest BCUT2D eigenvalue weighted by Gasteiger charge is 2.42. The number of hydrogen-bond acceptors (Lipinski definition) is 3. The summed E-state index contributed by atoms with van der Waals surface area (Å²) in [6.07, 6.45) is 6.36. The second kappa shape index (κ2) is 11.0. The molecule has 1 saturated carbocycles. The lowest BCUT2D eigenvalue weighted by Gasteiger charge is -2.34. The number of nitrogens with zero attached hydrogens (tertiary/aromatic N) is 3. The molecule has 6 heteroatoms. The Morgan fingerprint density at radius 2 is 1.87 bits per heavy atom. The number of rotatable bonds is 7. The van der Waals surface area contributed by atoms with E-state index in [0.717, 1.165) is 70.7 Å². The van der Waals surface area contributed by atoms with Gasteiger partial charge in [-0.25, -0.2) is 0 Å². The van der Waals surface area contributed by atoms with Crippen molar-refractivity contribution in [1.29, 1.82) is 0 Å². The fraction of sp³-hybridized carbons (Fsp3) is 0.680. The van der Waals surface area contributed by atoms with E-state index in [2.05, 4.69) is 53.6 Å². The zero-order chi connectivity index (χ0) is 22.3. The molecule has 2 aliphatic rings. The van der Waals surface area contributed by atoms with Crippen molar-refractivity contribution in [2.75, 3.05) is 40.3 Å². The van der Waals surface area contributed by atoms with E-state index in [1.54, 1.807) is 4.90 Å². The average Bonchev–Trinajstić information content (AvgIpc) is 3.24. The number of likely N-dealkylation sites (tertiary alicyclic amines) is 1. The van der Waals surface area contributed by atoms with E-state index < -0.39 is 0 Å². The monoisotopic (exact) mass is 427 g/mol. The van der Waals surface area contributed by atoms with E-state index in [1.165, 1.54) is 11.1 Å². The lowest BCUT2D eigenvalue weighted by molar-refractivity contribution is -0.138. The molecule has 172 valence electrons. The number of carbonyl (C=O) groups is 1. The van der Waals surface area contributed by atoms with Crippen LogP contribution in [0.1, 0.15) is 56.6 Å². The van der Waals surface area contributed by atoms with Gasteiger partial charge < -0.3 is 15.5 Å². The minimum absolute atomic E-state index is 0.231. The van der Waals surface area contributed by atoms with Crippen LogP contribution in [0.25, 0.3) is 0 Å². The Hall–Kier alpha value is -2.08. The molecule has 0 unspecified atom stereocenters. The highest BCUT2D eigenvalue weighted by atomic mass is 16.2. The SMILES string of the molecule is CCNC(=NCC1(C(=O)N(C)C)CCCC1)NC1CCN(Cc2ccccc2C)CC1. The lowest BCUT2D eigenvalue weighted by Crippen LogP contribution is -2.49. The van der Waals surface area contributed by atoms with E-state index in [9.17, 15) is 4.79 Å². The van der Waals surface area contributed by atoms with Crippen molar-refractivity contribution in [3.8, 4) is 0 Å². The molecule has 0 radical (unpaired) electrons. The third-order valence-corrected chi connectivity index (χ3v) is 6.89. The van der Waals surface area contributed by atoms with Crippen molar-refractivity contribution in [1.82, 2.24) is 20.4 Å². The summed E-state index contributed by atoms with van der Waals surface area (Å²) in [6.45, 7) is 8.91. The summed E-state index contributed by atoms with van der Waals surface area (Å²) >= 11 is 0. The summed E-state index contributed by atoms with van der Waals surface area (Å²) in [4.78, 5) is 22.0. The smallest absolute Gasteiger partial charge is 0.230 e. The minimum atomic E-state index is -0.317. The van der Waals surface area contributed by atoms with Crippen LogP contribution < -0.4 is 10.6 Å². The van der Waals surface area contributed by atoms with Gasteiger partial charge in [0.25, 0.3) is 0 Å². The number of aliphatic imine (C=N–C) groups is 1. The van der Waals surface area contributed by atoms with Gasteiger partial charge in [-0.3, -0.25) is 14.7 Å². The van der Waals surface area contributed by atoms with Gasteiger partial charge >= 0.3 is 0 Å². The van der Waals surface area contributed by atoms with Gasteiger partial charge in [0.05, 0.1) is 12.0 Å². The van der Waals surface area contributed by atoms with Gasteiger partial charge in [0.2, 0.25) is 5.91 Å². The summed E-state index contributed by atoms with van der Waals surface area (Å²) in [7, 11) is 3.72. The minimum Gasteiger partial charge on any atom is -0.357 e. The van der Waals surface area contributed by atoms with E-state index in [4.69, 9.17) is 4.99 Å².